The Morgan fingerprint density at radius 2 is 1.91 bits per heavy atom. The summed E-state index contributed by atoms with van der Waals surface area (Å²) in [5.41, 5.74) is 3.98. The Kier molecular flexibility index (Phi) is 4.23. The van der Waals surface area contributed by atoms with E-state index in [2.05, 4.69) is 46.7 Å². The molecule has 1 amide bonds. The molecule has 0 saturated heterocycles. The Bertz CT molecular complexity index is 801. The third kappa shape index (κ3) is 4.06. The lowest BCUT2D eigenvalue weighted by Crippen LogP contribution is -2.18. The lowest BCUT2D eigenvalue weighted by atomic mass is 10.1. The van der Waals surface area contributed by atoms with Gasteiger partial charge in [-0.1, -0.05) is 29.8 Å². The van der Waals surface area contributed by atoms with Crippen molar-refractivity contribution in [3.63, 3.8) is 0 Å². The van der Waals surface area contributed by atoms with Crippen molar-refractivity contribution in [1.29, 1.82) is 0 Å². The van der Waals surface area contributed by atoms with Crippen LogP contribution < -0.4 is 5.32 Å². The average molecular weight is 309 g/mol. The summed E-state index contributed by atoms with van der Waals surface area (Å²) >= 11 is 0. The van der Waals surface area contributed by atoms with Crippen molar-refractivity contribution in [3.8, 4) is 0 Å². The van der Waals surface area contributed by atoms with Gasteiger partial charge in [-0.2, -0.15) is 10.2 Å². The molecule has 0 aliphatic carbocycles. The number of benzene rings is 1. The van der Waals surface area contributed by atoms with E-state index >= 15 is 0 Å². The number of nitrogens with one attached hydrogen (secondary N) is 1. The van der Waals surface area contributed by atoms with Gasteiger partial charge in [0.15, 0.2) is 0 Å². The van der Waals surface area contributed by atoms with Crippen molar-refractivity contribution in [2.45, 2.75) is 26.9 Å². The molecule has 23 heavy (non-hydrogen) atoms. The fraction of sp³-hybridized carbons (Fsp3) is 0.235. The number of carbonyl (C=O) groups excluding carboxylic acids is 1. The molecule has 118 valence electrons. The van der Waals surface area contributed by atoms with Gasteiger partial charge in [-0.05, 0) is 25.5 Å². The van der Waals surface area contributed by atoms with Crippen LogP contribution in [0.3, 0.4) is 0 Å². The molecule has 0 aliphatic rings. The van der Waals surface area contributed by atoms with E-state index in [-0.39, 0.29) is 12.5 Å². The lowest BCUT2D eigenvalue weighted by Gasteiger charge is -2.03. The van der Waals surface area contributed by atoms with Crippen LogP contribution in [-0.2, 0) is 17.9 Å². The molecule has 6 nitrogen and oxygen atoms in total. The fourth-order valence-corrected chi connectivity index (χ4v) is 2.29. The van der Waals surface area contributed by atoms with Gasteiger partial charge in [0.2, 0.25) is 5.91 Å². The van der Waals surface area contributed by atoms with E-state index in [1.807, 2.05) is 19.2 Å². The van der Waals surface area contributed by atoms with Gasteiger partial charge in [0.1, 0.15) is 6.54 Å². The molecular weight excluding hydrogens is 290 g/mol. The number of carbonyl (C=O) groups is 1. The SMILES string of the molecule is Cc1ccc(Cn2cc(NC(=O)Cn3ccc(C)n3)cn2)cc1. The summed E-state index contributed by atoms with van der Waals surface area (Å²) in [6, 6.07) is 10.2. The number of amides is 1. The van der Waals surface area contributed by atoms with Crippen LogP contribution in [0.1, 0.15) is 16.8 Å². The molecule has 0 radical (unpaired) electrons. The number of hydrogen-bond acceptors (Lipinski definition) is 3. The average Bonchev–Trinajstić information content (AvgIpc) is 3.11. The molecule has 0 unspecified atom stereocenters. The Morgan fingerprint density at radius 3 is 2.61 bits per heavy atom. The first kappa shape index (κ1) is 15.0. The van der Waals surface area contributed by atoms with Gasteiger partial charge < -0.3 is 5.32 Å². The largest absolute Gasteiger partial charge is 0.322 e. The smallest absolute Gasteiger partial charge is 0.246 e. The topological polar surface area (TPSA) is 64.7 Å². The molecule has 1 aromatic carbocycles. The maximum absolute atomic E-state index is 12.0. The molecule has 0 spiro atoms. The van der Waals surface area contributed by atoms with Crippen molar-refractivity contribution >= 4 is 11.6 Å². The fourth-order valence-electron chi connectivity index (χ4n) is 2.29. The zero-order chi connectivity index (χ0) is 16.2. The molecule has 0 saturated carbocycles. The number of anilines is 1. The van der Waals surface area contributed by atoms with Crippen molar-refractivity contribution < 1.29 is 4.79 Å². The number of rotatable bonds is 5. The zero-order valence-electron chi connectivity index (χ0n) is 13.2. The van der Waals surface area contributed by atoms with E-state index in [0.29, 0.717) is 12.2 Å². The highest BCUT2D eigenvalue weighted by atomic mass is 16.2. The van der Waals surface area contributed by atoms with Crippen molar-refractivity contribution in [1.82, 2.24) is 19.6 Å². The normalized spacial score (nSPS) is 10.7. The third-order valence-electron chi connectivity index (χ3n) is 3.46. The summed E-state index contributed by atoms with van der Waals surface area (Å²) in [5, 5.41) is 11.3. The van der Waals surface area contributed by atoms with E-state index < -0.39 is 0 Å². The molecule has 2 aromatic heterocycles. The van der Waals surface area contributed by atoms with Gasteiger partial charge in [-0.25, -0.2) is 0 Å². The van der Waals surface area contributed by atoms with Crippen LogP contribution in [0.25, 0.3) is 0 Å². The van der Waals surface area contributed by atoms with Crippen molar-refractivity contribution in [2.75, 3.05) is 5.32 Å². The number of nitrogens with zero attached hydrogens (tertiary/aromatic N) is 4. The van der Waals surface area contributed by atoms with Gasteiger partial charge in [-0.15, -0.1) is 0 Å². The first-order chi connectivity index (χ1) is 11.1. The van der Waals surface area contributed by atoms with E-state index in [9.17, 15) is 4.79 Å². The number of hydrogen-bond donors (Lipinski definition) is 1. The van der Waals surface area contributed by atoms with E-state index in [1.165, 1.54) is 11.1 Å². The molecule has 0 atom stereocenters. The second kappa shape index (κ2) is 6.48. The maximum Gasteiger partial charge on any atom is 0.246 e. The summed E-state index contributed by atoms with van der Waals surface area (Å²) in [7, 11) is 0. The molecule has 0 aliphatic heterocycles. The highest BCUT2D eigenvalue weighted by Gasteiger charge is 2.06. The molecule has 1 N–H and O–H groups in total. The van der Waals surface area contributed by atoms with Gasteiger partial charge in [0.25, 0.3) is 0 Å². The van der Waals surface area contributed by atoms with Crippen molar-refractivity contribution in [3.05, 3.63) is 65.7 Å². The van der Waals surface area contributed by atoms with Gasteiger partial charge in [-0.3, -0.25) is 14.2 Å². The Balaban J connectivity index is 1.58. The van der Waals surface area contributed by atoms with Gasteiger partial charge in [0, 0.05) is 12.4 Å². The van der Waals surface area contributed by atoms with Crippen LogP contribution in [-0.4, -0.2) is 25.5 Å². The Hall–Kier alpha value is -2.89. The molecule has 3 rings (SSSR count). The summed E-state index contributed by atoms with van der Waals surface area (Å²) in [4.78, 5) is 12.0. The predicted molar refractivity (Wildman–Crippen MR) is 88.1 cm³/mol. The Labute approximate surface area is 134 Å². The van der Waals surface area contributed by atoms with E-state index in [1.54, 1.807) is 21.8 Å². The van der Waals surface area contributed by atoms with Crippen LogP contribution in [0.2, 0.25) is 0 Å². The van der Waals surface area contributed by atoms with E-state index in [4.69, 9.17) is 0 Å². The highest BCUT2D eigenvalue weighted by Crippen LogP contribution is 2.09. The van der Waals surface area contributed by atoms with Crippen LogP contribution in [0.15, 0.2) is 48.9 Å². The lowest BCUT2D eigenvalue weighted by molar-refractivity contribution is -0.116. The van der Waals surface area contributed by atoms with Gasteiger partial charge in [0.05, 0.1) is 24.1 Å². The molecule has 0 fully saturated rings. The second-order valence-corrected chi connectivity index (χ2v) is 5.62. The molecule has 2 heterocycles. The van der Waals surface area contributed by atoms with Crippen LogP contribution in [0.4, 0.5) is 5.69 Å². The first-order valence-electron chi connectivity index (χ1n) is 7.46. The predicted octanol–water partition coefficient (Wildman–Crippen LogP) is 2.38. The van der Waals surface area contributed by atoms with Gasteiger partial charge >= 0.3 is 0 Å². The summed E-state index contributed by atoms with van der Waals surface area (Å²) < 4.78 is 3.42. The maximum atomic E-state index is 12.0. The Morgan fingerprint density at radius 1 is 1.13 bits per heavy atom. The number of aromatic nitrogens is 4. The second-order valence-electron chi connectivity index (χ2n) is 5.62. The standard InChI is InChI=1S/C17H19N5O/c1-13-3-5-15(6-4-13)10-22-11-16(9-18-22)19-17(23)12-21-8-7-14(2)20-21/h3-9,11H,10,12H2,1-2H3,(H,19,23). The first-order valence-corrected chi connectivity index (χ1v) is 7.46. The zero-order valence-corrected chi connectivity index (χ0v) is 13.2. The van der Waals surface area contributed by atoms with Crippen LogP contribution >= 0.6 is 0 Å². The molecule has 0 bridgehead atoms. The molecule has 3 aromatic rings. The summed E-state index contributed by atoms with van der Waals surface area (Å²) in [6.45, 7) is 4.82. The summed E-state index contributed by atoms with van der Waals surface area (Å²) in [5.74, 6) is -0.122. The molecular formula is C17H19N5O. The minimum atomic E-state index is -0.122. The number of aryl methyl sites for hydroxylation is 2. The monoisotopic (exact) mass is 309 g/mol. The third-order valence-corrected chi connectivity index (χ3v) is 3.46. The minimum Gasteiger partial charge on any atom is -0.322 e. The van der Waals surface area contributed by atoms with Crippen LogP contribution in [0.5, 0.6) is 0 Å². The summed E-state index contributed by atoms with van der Waals surface area (Å²) in [6.07, 6.45) is 5.27. The van der Waals surface area contributed by atoms with Crippen LogP contribution in [0, 0.1) is 13.8 Å². The highest BCUT2D eigenvalue weighted by molar-refractivity contribution is 5.90. The van der Waals surface area contributed by atoms with E-state index in [0.717, 1.165) is 5.69 Å². The van der Waals surface area contributed by atoms with Crippen molar-refractivity contribution in [2.24, 2.45) is 0 Å². The molecule has 6 heteroatoms. The quantitative estimate of drug-likeness (QED) is 0.787. The minimum absolute atomic E-state index is 0.122.